The number of rotatable bonds is 6. The fraction of sp³-hybridized carbons (Fsp3) is 0.476. The van der Waals surface area contributed by atoms with Crippen LogP contribution >= 0.6 is 22.9 Å². The van der Waals surface area contributed by atoms with Gasteiger partial charge < -0.3 is 10.2 Å². The van der Waals surface area contributed by atoms with Crippen molar-refractivity contribution in [2.24, 2.45) is 5.92 Å². The molecular weight excluding hydrogens is 406 g/mol. The Hall–Kier alpha value is -2.12. The van der Waals surface area contributed by atoms with Gasteiger partial charge >= 0.3 is 0 Å². The maximum atomic E-state index is 12.5. The van der Waals surface area contributed by atoms with E-state index in [1.165, 1.54) is 0 Å². The number of nitrogens with zero attached hydrogens (tertiary/aromatic N) is 4. The third-order valence-corrected chi connectivity index (χ3v) is 6.81. The second-order valence-corrected chi connectivity index (χ2v) is 8.97. The van der Waals surface area contributed by atoms with Crippen molar-refractivity contribution < 1.29 is 4.79 Å². The summed E-state index contributed by atoms with van der Waals surface area (Å²) in [4.78, 5) is 19.7. The zero-order chi connectivity index (χ0) is 20.4. The van der Waals surface area contributed by atoms with Crippen LogP contribution in [-0.4, -0.2) is 40.3 Å². The van der Waals surface area contributed by atoms with Crippen LogP contribution in [0.25, 0.3) is 16.0 Å². The molecule has 3 aromatic rings. The average Bonchev–Trinajstić information content (AvgIpc) is 3.30. The fourth-order valence-corrected chi connectivity index (χ4v) is 4.87. The number of carbonyl (C=O) groups is 1. The summed E-state index contributed by atoms with van der Waals surface area (Å²) < 4.78 is 2.96. The first-order valence-corrected chi connectivity index (χ1v) is 11.4. The number of hydrogen-bond acceptors (Lipinski definition) is 5. The quantitative estimate of drug-likeness (QED) is 0.580. The molecule has 0 bridgehead atoms. The number of carbonyl (C=O) groups excluding carboxylic acids is 1. The number of aromatic nitrogens is 3. The summed E-state index contributed by atoms with van der Waals surface area (Å²) in [5, 5.41) is 9.41. The first-order valence-electron chi connectivity index (χ1n) is 10.2. The van der Waals surface area contributed by atoms with Crippen LogP contribution in [0.1, 0.15) is 38.3 Å². The largest absolute Gasteiger partial charge is 0.356 e. The summed E-state index contributed by atoms with van der Waals surface area (Å²) in [7, 11) is 0. The van der Waals surface area contributed by atoms with E-state index < -0.39 is 0 Å². The lowest BCUT2D eigenvalue weighted by atomic mass is 9.97. The van der Waals surface area contributed by atoms with Gasteiger partial charge in [-0.25, -0.2) is 4.68 Å². The molecule has 6 nitrogen and oxygen atoms in total. The fourth-order valence-electron chi connectivity index (χ4n) is 3.72. The lowest BCUT2D eigenvalue weighted by Gasteiger charge is -2.31. The number of anilines is 1. The zero-order valence-electron chi connectivity index (χ0n) is 16.8. The molecule has 1 atom stereocenters. The molecule has 3 heterocycles. The third kappa shape index (κ3) is 4.26. The van der Waals surface area contributed by atoms with Gasteiger partial charge in [-0.05, 0) is 50.5 Å². The Morgan fingerprint density at radius 1 is 1.34 bits per heavy atom. The number of nitrogens with one attached hydrogen (secondary N) is 1. The van der Waals surface area contributed by atoms with Gasteiger partial charge in [0, 0.05) is 24.7 Å². The number of aryl methyl sites for hydroxylation is 1. The number of thiazole rings is 1. The molecule has 1 fully saturated rings. The Morgan fingerprint density at radius 3 is 2.90 bits per heavy atom. The van der Waals surface area contributed by atoms with Gasteiger partial charge in [-0.2, -0.15) is 10.1 Å². The maximum absolute atomic E-state index is 12.5. The van der Waals surface area contributed by atoms with Crippen LogP contribution < -0.4 is 10.2 Å². The van der Waals surface area contributed by atoms with Crippen molar-refractivity contribution in [2.75, 3.05) is 24.5 Å². The second-order valence-electron chi connectivity index (χ2n) is 7.55. The summed E-state index contributed by atoms with van der Waals surface area (Å²) in [6, 6.07) is 7.62. The van der Waals surface area contributed by atoms with Crippen molar-refractivity contribution in [3.63, 3.8) is 0 Å². The standard InChI is InChI=1S/C21H26ClN5OS/c1-3-4-11-23-20(28)15-6-5-12-26(13-15)21-24-19-18(29-21)14(2)25-27(19)17-9-7-16(22)8-10-17/h7-10,15H,3-6,11-13H2,1-2H3,(H,23,28). The molecule has 1 aliphatic heterocycles. The Morgan fingerprint density at radius 2 is 2.14 bits per heavy atom. The van der Waals surface area contributed by atoms with Gasteiger partial charge in [-0.15, -0.1) is 0 Å². The predicted molar refractivity (Wildman–Crippen MR) is 119 cm³/mol. The number of benzene rings is 1. The Balaban J connectivity index is 1.55. The highest BCUT2D eigenvalue weighted by Gasteiger charge is 2.28. The minimum atomic E-state index is 0.0291. The number of unbranched alkanes of at least 4 members (excludes halogenated alkanes) is 1. The molecule has 2 aromatic heterocycles. The van der Waals surface area contributed by atoms with Crippen molar-refractivity contribution in [1.29, 1.82) is 0 Å². The molecule has 0 aliphatic carbocycles. The average molecular weight is 432 g/mol. The minimum absolute atomic E-state index is 0.0291. The van der Waals surface area contributed by atoms with Crippen LogP contribution in [0.5, 0.6) is 0 Å². The number of halogens is 1. The predicted octanol–water partition coefficient (Wildman–Crippen LogP) is 4.58. The van der Waals surface area contributed by atoms with Crippen molar-refractivity contribution in [1.82, 2.24) is 20.1 Å². The van der Waals surface area contributed by atoms with Gasteiger partial charge in [0.15, 0.2) is 10.8 Å². The van der Waals surface area contributed by atoms with Crippen LogP contribution in [0.3, 0.4) is 0 Å². The van der Waals surface area contributed by atoms with Gasteiger partial charge in [-0.3, -0.25) is 4.79 Å². The van der Waals surface area contributed by atoms with Crippen LogP contribution in [0, 0.1) is 12.8 Å². The monoisotopic (exact) mass is 431 g/mol. The molecule has 8 heteroatoms. The smallest absolute Gasteiger partial charge is 0.224 e. The first kappa shape index (κ1) is 20.2. The molecule has 1 amide bonds. The normalized spacial score (nSPS) is 17.1. The second kappa shape index (κ2) is 8.71. The Bertz CT molecular complexity index is 997. The lowest BCUT2D eigenvalue weighted by Crippen LogP contribution is -2.43. The van der Waals surface area contributed by atoms with E-state index in [-0.39, 0.29) is 11.8 Å². The van der Waals surface area contributed by atoms with Gasteiger partial charge in [0.05, 0.1) is 22.0 Å². The van der Waals surface area contributed by atoms with E-state index in [4.69, 9.17) is 16.6 Å². The van der Waals surface area contributed by atoms with E-state index in [0.29, 0.717) is 5.02 Å². The van der Waals surface area contributed by atoms with E-state index in [1.807, 2.05) is 35.9 Å². The Labute approximate surface area is 179 Å². The zero-order valence-corrected chi connectivity index (χ0v) is 18.4. The molecule has 1 aliphatic rings. The van der Waals surface area contributed by atoms with Gasteiger partial charge in [0.1, 0.15) is 0 Å². The highest BCUT2D eigenvalue weighted by atomic mass is 35.5. The van der Waals surface area contributed by atoms with Crippen molar-refractivity contribution in [3.8, 4) is 5.69 Å². The third-order valence-electron chi connectivity index (χ3n) is 5.34. The molecule has 154 valence electrons. The molecule has 0 radical (unpaired) electrons. The molecule has 1 aromatic carbocycles. The molecule has 1 saturated heterocycles. The van der Waals surface area contributed by atoms with Crippen molar-refractivity contribution in [2.45, 2.75) is 39.5 Å². The summed E-state index contributed by atoms with van der Waals surface area (Å²) in [6.07, 6.45) is 4.06. The topological polar surface area (TPSA) is 63.1 Å². The number of fused-ring (bicyclic) bond motifs is 1. The van der Waals surface area contributed by atoms with Gasteiger partial charge in [0.2, 0.25) is 5.91 Å². The van der Waals surface area contributed by atoms with Crippen molar-refractivity contribution >= 4 is 44.3 Å². The molecule has 1 unspecified atom stereocenters. The molecular formula is C21H26ClN5OS. The van der Waals surface area contributed by atoms with Gasteiger partial charge in [0.25, 0.3) is 0 Å². The summed E-state index contributed by atoms with van der Waals surface area (Å²) in [5.74, 6) is 0.203. The van der Waals surface area contributed by atoms with E-state index in [9.17, 15) is 4.79 Å². The number of hydrogen-bond donors (Lipinski definition) is 1. The number of amides is 1. The SMILES string of the molecule is CCCCNC(=O)C1CCCN(c2nc3c(s2)c(C)nn3-c2ccc(Cl)cc2)C1. The van der Waals surface area contributed by atoms with E-state index in [1.54, 1.807) is 11.3 Å². The van der Waals surface area contributed by atoms with Crippen LogP contribution in [0.15, 0.2) is 24.3 Å². The van der Waals surface area contributed by atoms with Crippen LogP contribution in [0.2, 0.25) is 5.02 Å². The summed E-state index contributed by atoms with van der Waals surface area (Å²) >= 11 is 7.68. The van der Waals surface area contributed by atoms with Crippen LogP contribution in [-0.2, 0) is 4.79 Å². The van der Waals surface area contributed by atoms with E-state index in [2.05, 4.69) is 22.2 Å². The van der Waals surface area contributed by atoms with E-state index >= 15 is 0 Å². The first-order chi connectivity index (χ1) is 14.1. The molecule has 0 saturated carbocycles. The van der Waals surface area contributed by atoms with Gasteiger partial charge in [-0.1, -0.05) is 36.3 Å². The number of piperidine rings is 1. The molecule has 1 N–H and O–H groups in total. The molecule has 4 rings (SSSR count). The van der Waals surface area contributed by atoms with Crippen LogP contribution in [0.4, 0.5) is 5.13 Å². The summed E-state index contributed by atoms with van der Waals surface area (Å²) in [5.41, 5.74) is 2.76. The molecule has 29 heavy (non-hydrogen) atoms. The highest BCUT2D eigenvalue weighted by Crippen LogP contribution is 2.34. The van der Waals surface area contributed by atoms with Crippen molar-refractivity contribution in [3.05, 3.63) is 35.0 Å². The molecule has 0 spiro atoms. The minimum Gasteiger partial charge on any atom is -0.356 e. The maximum Gasteiger partial charge on any atom is 0.224 e. The van der Waals surface area contributed by atoms with E-state index in [0.717, 1.165) is 72.2 Å². The highest BCUT2D eigenvalue weighted by molar-refractivity contribution is 7.22. The summed E-state index contributed by atoms with van der Waals surface area (Å²) in [6.45, 7) is 6.57. The Kier molecular flexibility index (Phi) is 6.06. The lowest BCUT2D eigenvalue weighted by molar-refractivity contribution is -0.125.